The number of hydrogen-bond donors (Lipinski definition) is 1. The second-order valence-corrected chi connectivity index (χ2v) is 5.90. The average Bonchev–Trinajstić information content (AvgIpc) is 2.48. The fourth-order valence-electron chi connectivity index (χ4n) is 2.44. The Morgan fingerprint density at radius 1 is 0.700 bits per heavy atom. The van der Waals surface area contributed by atoms with Crippen molar-refractivity contribution >= 4 is 0 Å². The van der Waals surface area contributed by atoms with Gasteiger partial charge in [0.1, 0.15) is 6.23 Å². The van der Waals surface area contributed by atoms with Crippen LogP contribution in [0.15, 0.2) is 0 Å². The number of ether oxygens (including phenoxy) is 1. The highest BCUT2D eigenvalue weighted by Crippen LogP contribution is 2.10. The van der Waals surface area contributed by atoms with Crippen molar-refractivity contribution in [3.8, 4) is 0 Å². The third-order valence-electron chi connectivity index (χ3n) is 3.81. The van der Waals surface area contributed by atoms with E-state index >= 15 is 0 Å². The Kier molecular flexibility index (Phi) is 16.9. The SMILES string of the molecule is CCCCCCCCCCCCOC(CC)NCCC. The van der Waals surface area contributed by atoms with Gasteiger partial charge in [-0.25, -0.2) is 0 Å². The first-order chi connectivity index (χ1) is 9.85. The minimum absolute atomic E-state index is 0.272. The first-order valence-electron chi connectivity index (χ1n) is 9.20. The van der Waals surface area contributed by atoms with Gasteiger partial charge < -0.3 is 4.74 Å². The first-order valence-corrected chi connectivity index (χ1v) is 9.20. The lowest BCUT2D eigenvalue weighted by Gasteiger charge is -2.17. The van der Waals surface area contributed by atoms with E-state index in [0.717, 1.165) is 19.6 Å². The molecule has 0 aliphatic rings. The molecule has 0 aromatic rings. The molecule has 0 heterocycles. The van der Waals surface area contributed by atoms with Gasteiger partial charge in [0, 0.05) is 6.61 Å². The van der Waals surface area contributed by atoms with Crippen molar-refractivity contribution in [2.24, 2.45) is 0 Å². The average molecular weight is 286 g/mol. The highest BCUT2D eigenvalue weighted by Gasteiger charge is 2.03. The van der Waals surface area contributed by atoms with Crippen LogP contribution in [-0.2, 0) is 4.74 Å². The Balaban J connectivity index is 3.15. The van der Waals surface area contributed by atoms with Crippen LogP contribution in [0.1, 0.15) is 97.8 Å². The van der Waals surface area contributed by atoms with Crippen molar-refractivity contribution < 1.29 is 4.74 Å². The van der Waals surface area contributed by atoms with Gasteiger partial charge >= 0.3 is 0 Å². The molecule has 122 valence electrons. The fraction of sp³-hybridized carbons (Fsp3) is 1.00. The summed E-state index contributed by atoms with van der Waals surface area (Å²) in [5.74, 6) is 0. The maximum atomic E-state index is 5.85. The molecule has 0 saturated carbocycles. The van der Waals surface area contributed by atoms with Crippen molar-refractivity contribution in [3.05, 3.63) is 0 Å². The summed E-state index contributed by atoms with van der Waals surface area (Å²) in [5, 5.41) is 3.43. The minimum Gasteiger partial charge on any atom is -0.363 e. The number of rotatable bonds is 16. The maximum absolute atomic E-state index is 5.85. The third kappa shape index (κ3) is 14.3. The van der Waals surface area contributed by atoms with E-state index in [1.807, 2.05) is 0 Å². The van der Waals surface area contributed by atoms with Gasteiger partial charge in [-0.1, -0.05) is 78.6 Å². The molecule has 0 saturated heterocycles. The van der Waals surface area contributed by atoms with Crippen LogP contribution in [0.4, 0.5) is 0 Å². The summed E-state index contributed by atoms with van der Waals surface area (Å²) in [5.41, 5.74) is 0. The highest BCUT2D eigenvalue weighted by molar-refractivity contribution is 4.53. The molecule has 1 N–H and O–H groups in total. The summed E-state index contributed by atoms with van der Waals surface area (Å²) < 4.78 is 5.85. The molecule has 0 aliphatic heterocycles. The summed E-state index contributed by atoms with van der Waals surface area (Å²) in [6.07, 6.45) is 16.4. The summed E-state index contributed by atoms with van der Waals surface area (Å²) in [6.45, 7) is 8.65. The van der Waals surface area contributed by atoms with Crippen LogP contribution < -0.4 is 5.32 Å². The molecule has 1 unspecified atom stereocenters. The van der Waals surface area contributed by atoms with E-state index in [-0.39, 0.29) is 6.23 Å². The zero-order chi connectivity index (χ0) is 14.9. The minimum atomic E-state index is 0.272. The van der Waals surface area contributed by atoms with E-state index in [2.05, 4.69) is 26.1 Å². The summed E-state index contributed by atoms with van der Waals surface area (Å²) in [6, 6.07) is 0. The fourth-order valence-corrected chi connectivity index (χ4v) is 2.44. The number of hydrogen-bond acceptors (Lipinski definition) is 2. The Hall–Kier alpha value is -0.0800. The van der Waals surface area contributed by atoms with Crippen LogP contribution in [-0.4, -0.2) is 19.4 Å². The predicted octanol–water partition coefficient (Wildman–Crippen LogP) is 5.66. The molecular formula is C18H39NO. The molecular weight excluding hydrogens is 246 g/mol. The monoisotopic (exact) mass is 285 g/mol. The second kappa shape index (κ2) is 17.0. The molecule has 0 radical (unpaired) electrons. The molecule has 0 spiro atoms. The molecule has 0 bridgehead atoms. The summed E-state index contributed by atoms with van der Waals surface area (Å²) in [4.78, 5) is 0. The molecule has 20 heavy (non-hydrogen) atoms. The Labute approximate surface area is 128 Å². The summed E-state index contributed by atoms with van der Waals surface area (Å²) >= 11 is 0. The van der Waals surface area contributed by atoms with Gasteiger partial charge in [0.15, 0.2) is 0 Å². The van der Waals surface area contributed by atoms with E-state index in [4.69, 9.17) is 4.74 Å². The van der Waals surface area contributed by atoms with E-state index in [1.165, 1.54) is 70.6 Å². The van der Waals surface area contributed by atoms with Crippen molar-refractivity contribution in [2.75, 3.05) is 13.2 Å². The van der Waals surface area contributed by atoms with E-state index in [9.17, 15) is 0 Å². The molecule has 0 rings (SSSR count). The number of unbranched alkanes of at least 4 members (excludes halogenated alkanes) is 9. The van der Waals surface area contributed by atoms with Gasteiger partial charge in [-0.05, 0) is 25.8 Å². The van der Waals surface area contributed by atoms with Crippen molar-refractivity contribution in [2.45, 2.75) is 104 Å². The molecule has 0 aromatic heterocycles. The van der Waals surface area contributed by atoms with Gasteiger partial charge in [-0.2, -0.15) is 0 Å². The van der Waals surface area contributed by atoms with Crippen molar-refractivity contribution in [3.63, 3.8) is 0 Å². The van der Waals surface area contributed by atoms with Crippen molar-refractivity contribution in [1.29, 1.82) is 0 Å². The molecule has 0 amide bonds. The molecule has 2 heteroatoms. The summed E-state index contributed by atoms with van der Waals surface area (Å²) in [7, 11) is 0. The standard InChI is InChI=1S/C18H39NO/c1-4-7-8-9-10-11-12-13-14-15-17-20-18(6-3)19-16-5-2/h18-19H,4-17H2,1-3H3. The normalized spacial score (nSPS) is 12.8. The topological polar surface area (TPSA) is 21.3 Å². The van der Waals surface area contributed by atoms with Gasteiger partial charge in [0.2, 0.25) is 0 Å². The van der Waals surface area contributed by atoms with E-state index < -0.39 is 0 Å². The third-order valence-corrected chi connectivity index (χ3v) is 3.81. The van der Waals surface area contributed by atoms with E-state index in [1.54, 1.807) is 0 Å². The van der Waals surface area contributed by atoms with Gasteiger partial charge in [0.25, 0.3) is 0 Å². The van der Waals surface area contributed by atoms with Crippen molar-refractivity contribution in [1.82, 2.24) is 5.32 Å². The lowest BCUT2D eigenvalue weighted by atomic mass is 10.1. The van der Waals surface area contributed by atoms with Crippen LogP contribution in [0.2, 0.25) is 0 Å². The smallest absolute Gasteiger partial charge is 0.107 e. The molecule has 1 atom stereocenters. The van der Waals surface area contributed by atoms with Crippen LogP contribution in [0.5, 0.6) is 0 Å². The maximum Gasteiger partial charge on any atom is 0.107 e. The number of nitrogens with one attached hydrogen (secondary N) is 1. The predicted molar refractivity (Wildman–Crippen MR) is 90.2 cm³/mol. The van der Waals surface area contributed by atoms with Crippen LogP contribution in [0.25, 0.3) is 0 Å². The quantitative estimate of drug-likeness (QED) is 0.292. The zero-order valence-corrected chi connectivity index (χ0v) is 14.4. The molecule has 0 fully saturated rings. The second-order valence-electron chi connectivity index (χ2n) is 5.90. The van der Waals surface area contributed by atoms with Gasteiger partial charge in [0.05, 0.1) is 0 Å². The zero-order valence-electron chi connectivity index (χ0n) is 14.4. The molecule has 2 nitrogen and oxygen atoms in total. The molecule has 0 aromatic carbocycles. The Morgan fingerprint density at radius 2 is 1.25 bits per heavy atom. The first kappa shape index (κ1) is 19.9. The molecule has 0 aliphatic carbocycles. The Morgan fingerprint density at radius 3 is 1.75 bits per heavy atom. The lowest BCUT2D eigenvalue weighted by molar-refractivity contribution is 0.0252. The van der Waals surface area contributed by atoms with E-state index in [0.29, 0.717) is 0 Å². The van der Waals surface area contributed by atoms with Gasteiger partial charge in [-0.3, -0.25) is 5.32 Å². The largest absolute Gasteiger partial charge is 0.363 e. The van der Waals surface area contributed by atoms with Gasteiger partial charge in [-0.15, -0.1) is 0 Å². The lowest BCUT2D eigenvalue weighted by Crippen LogP contribution is -2.32. The Bertz CT molecular complexity index is 173. The van der Waals surface area contributed by atoms with Crippen LogP contribution >= 0.6 is 0 Å². The highest BCUT2D eigenvalue weighted by atomic mass is 16.5. The van der Waals surface area contributed by atoms with Crippen LogP contribution in [0.3, 0.4) is 0 Å². The van der Waals surface area contributed by atoms with Crippen LogP contribution in [0, 0.1) is 0 Å².